The molecule has 3 aliphatic heterocycles. The average Bonchev–Trinajstić information content (AvgIpc) is 3.18. The second-order valence-corrected chi connectivity index (χ2v) is 8.73. The summed E-state index contributed by atoms with van der Waals surface area (Å²) < 4.78 is 5.76. The second kappa shape index (κ2) is 7.73. The molecule has 1 atom stereocenters. The highest BCUT2D eigenvalue weighted by Gasteiger charge is 2.42. The van der Waals surface area contributed by atoms with Crippen LogP contribution >= 0.6 is 0 Å². The number of hydrogen-bond acceptors (Lipinski definition) is 7. The Labute approximate surface area is 167 Å². The van der Waals surface area contributed by atoms with E-state index in [0.717, 1.165) is 76.5 Å². The van der Waals surface area contributed by atoms with Gasteiger partial charge in [0.15, 0.2) is 0 Å². The van der Waals surface area contributed by atoms with E-state index in [1.54, 1.807) is 0 Å². The van der Waals surface area contributed by atoms with E-state index in [-0.39, 0.29) is 11.5 Å². The molecule has 154 valence electrons. The Hall–Kier alpha value is -2.09. The van der Waals surface area contributed by atoms with Crippen molar-refractivity contribution in [2.75, 3.05) is 62.4 Å². The van der Waals surface area contributed by atoms with Crippen LogP contribution in [0, 0.1) is 5.41 Å². The molecule has 4 heterocycles. The van der Waals surface area contributed by atoms with Crippen molar-refractivity contribution in [3.05, 3.63) is 6.07 Å². The van der Waals surface area contributed by atoms with Crippen LogP contribution in [0.4, 0.5) is 17.6 Å². The van der Waals surface area contributed by atoms with Gasteiger partial charge < -0.3 is 25.2 Å². The topological polar surface area (TPSA) is 87.8 Å². The number of anilines is 3. The molecular formula is C20H32N6O2. The standard InChI is InChI=1S/C20H32N6O2/c1-24(2)16-12-17(23-19(21)22-16)25-9-7-20(8-10-25)6-5-18(27)26(14-20)13-15-4-3-11-28-15/h12,15H,3-11,13-14H2,1-2H3,(H2,21,22,23)/t15-/m0/s1. The minimum Gasteiger partial charge on any atom is -0.376 e. The van der Waals surface area contributed by atoms with Crippen LogP contribution < -0.4 is 15.5 Å². The first-order chi connectivity index (χ1) is 13.4. The summed E-state index contributed by atoms with van der Waals surface area (Å²) in [5.41, 5.74) is 6.15. The number of nitrogens with two attached hydrogens (primary N) is 1. The summed E-state index contributed by atoms with van der Waals surface area (Å²) in [6.07, 6.45) is 6.23. The van der Waals surface area contributed by atoms with Crippen molar-refractivity contribution in [2.24, 2.45) is 5.41 Å². The number of nitrogen functional groups attached to an aromatic ring is 1. The van der Waals surface area contributed by atoms with Crippen LogP contribution in [0.15, 0.2) is 6.07 Å². The van der Waals surface area contributed by atoms with Gasteiger partial charge in [0.1, 0.15) is 11.6 Å². The molecule has 3 aliphatic rings. The van der Waals surface area contributed by atoms with Gasteiger partial charge in [-0.15, -0.1) is 0 Å². The summed E-state index contributed by atoms with van der Waals surface area (Å²) in [5, 5.41) is 0. The number of likely N-dealkylation sites (tertiary alicyclic amines) is 1. The first-order valence-electron chi connectivity index (χ1n) is 10.4. The molecule has 2 N–H and O–H groups in total. The minimum absolute atomic E-state index is 0.228. The third-order valence-corrected chi connectivity index (χ3v) is 6.52. The first kappa shape index (κ1) is 19.2. The summed E-state index contributed by atoms with van der Waals surface area (Å²) in [7, 11) is 3.91. The molecule has 8 heteroatoms. The number of amides is 1. The van der Waals surface area contributed by atoms with Gasteiger partial charge in [0.05, 0.1) is 6.10 Å². The van der Waals surface area contributed by atoms with Crippen molar-refractivity contribution < 1.29 is 9.53 Å². The fourth-order valence-corrected chi connectivity index (χ4v) is 4.75. The molecule has 1 aromatic heterocycles. The number of piperidine rings is 2. The lowest BCUT2D eigenvalue weighted by molar-refractivity contribution is -0.140. The highest BCUT2D eigenvalue weighted by Crippen LogP contribution is 2.41. The lowest BCUT2D eigenvalue weighted by Crippen LogP contribution is -2.53. The highest BCUT2D eigenvalue weighted by atomic mass is 16.5. The molecule has 3 saturated heterocycles. The smallest absolute Gasteiger partial charge is 0.223 e. The van der Waals surface area contributed by atoms with Crippen LogP contribution in [0.5, 0.6) is 0 Å². The average molecular weight is 389 g/mol. The third-order valence-electron chi connectivity index (χ3n) is 6.52. The number of rotatable bonds is 4. The number of hydrogen-bond donors (Lipinski definition) is 1. The van der Waals surface area contributed by atoms with E-state index in [0.29, 0.717) is 18.3 Å². The van der Waals surface area contributed by atoms with E-state index >= 15 is 0 Å². The van der Waals surface area contributed by atoms with Crippen LogP contribution in [0.3, 0.4) is 0 Å². The number of aromatic nitrogens is 2. The van der Waals surface area contributed by atoms with Crippen molar-refractivity contribution in [3.8, 4) is 0 Å². The van der Waals surface area contributed by atoms with Gasteiger partial charge in [-0.1, -0.05) is 0 Å². The molecule has 0 unspecified atom stereocenters. The maximum Gasteiger partial charge on any atom is 0.223 e. The van der Waals surface area contributed by atoms with E-state index < -0.39 is 0 Å². The van der Waals surface area contributed by atoms with Crippen molar-refractivity contribution in [1.82, 2.24) is 14.9 Å². The first-order valence-corrected chi connectivity index (χ1v) is 10.4. The zero-order valence-electron chi connectivity index (χ0n) is 17.1. The predicted octanol–water partition coefficient (Wildman–Crippen LogP) is 1.51. The molecule has 0 saturated carbocycles. The lowest BCUT2D eigenvalue weighted by atomic mass is 9.72. The Kier molecular flexibility index (Phi) is 5.31. The molecule has 0 radical (unpaired) electrons. The number of ether oxygens (including phenoxy) is 1. The summed E-state index contributed by atoms with van der Waals surface area (Å²) in [6.45, 7) is 4.34. The normalized spacial score (nSPS) is 24.8. The zero-order chi connectivity index (χ0) is 19.7. The fourth-order valence-electron chi connectivity index (χ4n) is 4.75. The Morgan fingerprint density at radius 1 is 1.29 bits per heavy atom. The Morgan fingerprint density at radius 3 is 2.75 bits per heavy atom. The molecule has 0 bridgehead atoms. The van der Waals surface area contributed by atoms with Crippen LogP contribution in [0.2, 0.25) is 0 Å². The van der Waals surface area contributed by atoms with Crippen LogP contribution in [-0.4, -0.2) is 73.8 Å². The molecule has 8 nitrogen and oxygen atoms in total. The zero-order valence-corrected chi connectivity index (χ0v) is 17.1. The summed E-state index contributed by atoms with van der Waals surface area (Å²) in [4.78, 5) is 27.5. The molecule has 1 aromatic rings. The van der Waals surface area contributed by atoms with Crippen molar-refractivity contribution in [2.45, 2.75) is 44.6 Å². The van der Waals surface area contributed by atoms with Gasteiger partial charge in [0, 0.05) is 59.4 Å². The minimum atomic E-state index is 0.228. The predicted molar refractivity (Wildman–Crippen MR) is 109 cm³/mol. The van der Waals surface area contributed by atoms with Gasteiger partial charge in [-0.2, -0.15) is 9.97 Å². The lowest BCUT2D eigenvalue weighted by Gasteiger charge is -2.48. The molecule has 1 amide bonds. The number of carbonyl (C=O) groups excluding carboxylic acids is 1. The fraction of sp³-hybridized carbons (Fsp3) is 0.750. The third kappa shape index (κ3) is 4.01. The van der Waals surface area contributed by atoms with E-state index in [2.05, 4.69) is 19.8 Å². The quantitative estimate of drug-likeness (QED) is 0.836. The Bertz CT molecular complexity index is 711. The largest absolute Gasteiger partial charge is 0.376 e. The van der Waals surface area contributed by atoms with Gasteiger partial charge >= 0.3 is 0 Å². The van der Waals surface area contributed by atoms with Gasteiger partial charge in [-0.05, 0) is 37.5 Å². The van der Waals surface area contributed by atoms with Crippen molar-refractivity contribution in [1.29, 1.82) is 0 Å². The summed E-state index contributed by atoms with van der Waals surface area (Å²) >= 11 is 0. The van der Waals surface area contributed by atoms with Gasteiger partial charge in [-0.3, -0.25) is 4.79 Å². The molecule has 28 heavy (non-hydrogen) atoms. The van der Waals surface area contributed by atoms with Crippen LogP contribution in [-0.2, 0) is 9.53 Å². The maximum absolute atomic E-state index is 12.5. The monoisotopic (exact) mass is 388 g/mol. The molecular weight excluding hydrogens is 356 g/mol. The summed E-state index contributed by atoms with van der Waals surface area (Å²) in [5.74, 6) is 2.33. The molecule has 4 rings (SSSR count). The van der Waals surface area contributed by atoms with E-state index in [4.69, 9.17) is 10.5 Å². The second-order valence-electron chi connectivity index (χ2n) is 8.73. The van der Waals surface area contributed by atoms with E-state index in [9.17, 15) is 4.79 Å². The SMILES string of the molecule is CN(C)c1cc(N2CCC3(CCC(=O)N(C[C@@H]4CCCO4)C3)CC2)nc(N)n1. The van der Waals surface area contributed by atoms with E-state index in [1.807, 2.05) is 25.1 Å². The highest BCUT2D eigenvalue weighted by molar-refractivity contribution is 5.77. The Morgan fingerprint density at radius 2 is 2.07 bits per heavy atom. The maximum atomic E-state index is 12.5. The van der Waals surface area contributed by atoms with Crippen molar-refractivity contribution in [3.63, 3.8) is 0 Å². The molecule has 1 spiro atoms. The van der Waals surface area contributed by atoms with Gasteiger partial charge in [-0.25, -0.2) is 0 Å². The molecule has 0 aromatic carbocycles. The molecule has 0 aliphatic carbocycles. The van der Waals surface area contributed by atoms with Crippen LogP contribution in [0.25, 0.3) is 0 Å². The van der Waals surface area contributed by atoms with E-state index in [1.165, 1.54) is 0 Å². The number of nitrogens with zero attached hydrogens (tertiary/aromatic N) is 5. The van der Waals surface area contributed by atoms with Crippen LogP contribution in [0.1, 0.15) is 38.5 Å². The number of carbonyl (C=O) groups is 1. The van der Waals surface area contributed by atoms with Gasteiger partial charge in [0.2, 0.25) is 11.9 Å². The Balaban J connectivity index is 1.41. The van der Waals surface area contributed by atoms with Crippen molar-refractivity contribution >= 4 is 23.5 Å². The van der Waals surface area contributed by atoms with Gasteiger partial charge in [0.25, 0.3) is 0 Å². The molecule has 3 fully saturated rings. The summed E-state index contributed by atoms with van der Waals surface area (Å²) in [6, 6.07) is 2.00.